The Hall–Kier alpha value is -2.96. The summed E-state index contributed by atoms with van der Waals surface area (Å²) in [4.78, 5) is 15.2. The zero-order chi connectivity index (χ0) is 16.5. The van der Waals surface area contributed by atoms with Crippen molar-refractivity contribution in [1.29, 1.82) is 0 Å². The highest BCUT2D eigenvalue weighted by Gasteiger charge is 2.28. The molecule has 7 nitrogen and oxygen atoms in total. The molecule has 1 saturated carbocycles. The molecule has 4 rings (SSSR count). The number of benzene rings is 1. The summed E-state index contributed by atoms with van der Waals surface area (Å²) in [6.45, 7) is 0.514. The number of hydrogen-bond acceptors (Lipinski definition) is 5. The van der Waals surface area contributed by atoms with Gasteiger partial charge in [-0.05, 0) is 18.4 Å². The topological polar surface area (TPSA) is 94.0 Å². The molecule has 0 bridgehead atoms. The average Bonchev–Trinajstić information content (AvgIpc) is 3.13. The second-order valence-electron chi connectivity index (χ2n) is 6.02. The largest absolute Gasteiger partial charge is 0.481 e. The minimum Gasteiger partial charge on any atom is -0.481 e. The Morgan fingerprint density at radius 1 is 1.29 bits per heavy atom. The van der Waals surface area contributed by atoms with Crippen molar-refractivity contribution >= 4 is 5.97 Å². The predicted molar refractivity (Wildman–Crippen MR) is 84.4 cm³/mol. The number of nitrogens with zero attached hydrogens (tertiary/aromatic N) is 4. The van der Waals surface area contributed by atoms with Gasteiger partial charge in [0.15, 0.2) is 5.89 Å². The Morgan fingerprint density at radius 3 is 2.79 bits per heavy atom. The van der Waals surface area contributed by atoms with E-state index in [4.69, 9.17) is 9.52 Å². The lowest BCUT2D eigenvalue weighted by atomic mass is 10.1. The third kappa shape index (κ3) is 3.19. The highest BCUT2D eigenvalue weighted by Crippen LogP contribution is 2.39. The summed E-state index contributed by atoms with van der Waals surface area (Å²) < 4.78 is 7.19. The first-order valence-corrected chi connectivity index (χ1v) is 7.83. The van der Waals surface area contributed by atoms with E-state index in [1.165, 1.54) is 0 Å². The van der Waals surface area contributed by atoms with Crippen molar-refractivity contribution < 1.29 is 14.3 Å². The molecule has 1 aliphatic carbocycles. The standard InChI is InChI=1S/C17H16N4O3/c22-16(23)7-11-1-3-12(4-2-11)15-9-21(20-19-15)8-14-10-24-17(18-14)13-5-6-13/h1-4,9-10,13H,5-8H2,(H,22,23). The maximum atomic E-state index is 10.7. The third-order valence-electron chi connectivity index (χ3n) is 3.96. The summed E-state index contributed by atoms with van der Waals surface area (Å²) in [6.07, 6.45) is 5.85. The van der Waals surface area contributed by atoms with Crippen molar-refractivity contribution in [2.24, 2.45) is 0 Å². The normalized spacial score (nSPS) is 14.0. The van der Waals surface area contributed by atoms with E-state index in [1.54, 1.807) is 23.1 Å². The smallest absolute Gasteiger partial charge is 0.307 e. The Kier molecular flexibility index (Phi) is 3.60. The maximum Gasteiger partial charge on any atom is 0.307 e. The van der Waals surface area contributed by atoms with Crippen LogP contribution in [-0.4, -0.2) is 31.1 Å². The number of rotatable bonds is 6. The second-order valence-corrected chi connectivity index (χ2v) is 6.02. The van der Waals surface area contributed by atoms with Gasteiger partial charge in [-0.2, -0.15) is 0 Å². The van der Waals surface area contributed by atoms with Crippen LogP contribution in [0.1, 0.15) is 35.9 Å². The van der Waals surface area contributed by atoms with Gasteiger partial charge in [-0.1, -0.05) is 29.5 Å². The molecule has 24 heavy (non-hydrogen) atoms. The van der Waals surface area contributed by atoms with Gasteiger partial charge in [0.1, 0.15) is 17.7 Å². The predicted octanol–water partition coefficient (Wildman–Crippen LogP) is 2.49. The van der Waals surface area contributed by atoms with E-state index in [0.29, 0.717) is 12.5 Å². The highest BCUT2D eigenvalue weighted by atomic mass is 16.4. The van der Waals surface area contributed by atoms with E-state index in [-0.39, 0.29) is 6.42 Å². The van der Waals surface area contributed by atoms with Gasteiger partial charge >= 0.3 is 5.97 Å². The third-order valence-corrected chi connectivity index (χ3v) is 3.96. The average molecular weight is 324 g/mol. The van der Waals surface area contributed by atoms with Crippen LogP contribution >= 0.6 is 0 Å². The molecule has 1 fully saturated rings. The first kappa shape index (κ1) is 14.6. The number of aliphatic carboxylic acids is 1. The highest BCUT2D eigenvalue weighted by molar-refractivity contribution is 5.70. The molecule has 2 aromatic heterocycles. The molecule has 3 aromatic rings. The maximum absolute atomic E-state index is 10.7. The van der Waals surface area contributed by atoms with Crippen molar-refractivity contribution in [3.8, 4) is 11.3 Å². The molecule has 0 amide bonds. The number of hydrogen-bond donors (Lipinski definition) is 1. The lowest BCUT2D eigenvalue weighted by Gasteiger charge is -1.99. The van der Waals surface area contributed by atoms with Crippen molar-refractivity contribution in [2.45, 2.75) is 31.7 Å². The summed E-state index contributed by atoms with van der Waals surface area (Å²) >= 11 is 0. The van der Waals surface area contributed by atoms with Crippen LogP contribution < -0.4 is 0 Å². The summed E-state index contributed by atoms with van der Waals surface area (Å²) in [5.41, 5.74) is 3.23. The van der Waals surface area contributed by atoms with Crippen molar-refractivity contribution in [3.63, 3.8) is 0 Å². The molecule has 1 aliphatic rings. The first-order chi connectivity index (χ1) is 11.7. The lowest BCUT2D eigenvalue weighted by Crippen LogP contribution is -2.00. The number of oxazole rings is 1. The molecule has 2 heterocycles. The van der Waals surface area contributed by atoms with Gasteiger partial charge in [-0.3, -0.25) is 4.79 Å². The van der Waals surface area contributed by atoms with Crippen molar-refractivity contribution in [3.05, 3.63) is 53.9 Å². The Balaban J connectivity index is 1.46. The van der Waals surface area contributed by atoms with Gasteiger partial charge < -0.3 is 9.52 Å². The van der Waals surface area contributed by atoms with Crippen LogP contribution in [-0.2, 0) is 17.8 Å². The van der Waals surface area contributed by atoms with Gasteiger partial charge in [-0.15, -0.1) is 5.10 Å². The molecule has 0 unspecified atom stereocenters. The fraction of sp³-hybridized carbons (Fsp3) is 0.294. The second kappa shape index (κ2) is 5.92. The number of carboxylic acid groups (broad SMARTS) is 1. The molecule has 0 saturated heterocycles. The van der Waals surface area contributed by atoms with Crippen molar-refractivity contribution in [2.75, 3.05) is 0 Å². The molecule has 0 atom stereocenters. The molecular weight excluding hydrogens is 308 g/mol. The van der Waals surface area contributed by atoms with Gasteiger partial charge in [0.2, 0.25) is 0 Å². The Morgan fingerprint density at radius 2 is 2.08 bits per heavy atom. The van der Waals surface area contributed by atoms with Crippen LogP contribution in [0.4, 0.5) is 0 Å². The lowest BCUT2D eigenvalue weighted by molar-refractivity contribution is -0.136. The SMILES string of the molecule is O=C(O)Cc1ccc(-c2cn(Cc3coc(C4CC4)n3)nn2)cc1. The number of carboxylic acids is 1. The molecule has 0 spiro atoms. The van der Waals surface area contributed by atoms with E-state index in [9.17, 15) is 4.79 Å². The fourth-order valence-corrected chi connectivity index (χ4v) is 2.55. The number of aromatic nitrogens is 4. The minimum atomic E-state index is -0.841. The minimum absolute atomic E-state index is 0.0163. The van der Waals surface area contributed by atoms with Gasteiger partial charge in [0.25, 0.3) is 0 Å². The summed E-state index contributed by atoms with van der Waals surface area (Å²) in [7, 11) is 0. The molecule has 1 N–H and O–H groups in total. The van der Waals surface area contributed by atoms with Crippen LogP contribution in [0.3, 0.4) is 0 Å². The quantitative estimate of drug-likeness (QED) is 0.748. The Labute approximate surface area is 137 Å². The van der Waals surface area contributed by atoms with Gasteiger partial charge in [0.05, 0.1) is 19.2 Å². The van der Waals surface area contributed by atoms with Crippen LogP contribution in [0, 0.1) is 0 Å². The zero-order valence-corrected chi connectivity index (χ0v) is 12.9. The van der Waals surface area contributed by atoms with Gasteiger partial charge in [0, 0.05) is 11.5 Å². The van der Waals surface area contributed by atoms with E-state index in [2.05, 4.69) is 15.3 Å². The molecule has 122 valence electrons. The molecule has 7 heteroatoms. The Bertz CT molecular complexity index is 862. The monoisotopic (exact) mass is 324 g/mol. The number of carbonyl (C=O) groups is 1. The van der Waals surface area contributed by atoms with Crippen molar-refractivity contribution in [1.82, 2.24) is 20.0 Å². The van der Waals surface area contributed by atoms with E-state index in [0.717, 1.165) is 41.2 Å². The van der Waals surface area contributed by atoms with E-state index in [1.807, 2.05) is 18.3 Å². The fourth-order valence-electron chi connectivity index (χ4n) is 2.55. The van der Waals surface area contributed by atoms with Crippen LogP contribution in [0.5, 0.6) is 0 Å². The van der Waals surface area contributed by atoms with Crippen LogP contribution in [0.15, 0.2) is 41.1 Å². The zero-order valence-electron chi connectivity index (χ0n) is 12.9. The summed E-state index contributed by atoms with van der Waals surface area (Å²) in [6, 6.07) is 7.30. The van der Waals surface area contributed by atoms with Crippen LogP contribution in [0.2, 0.25) is 0 Å². The molecule has 0 radical (unpaired) electrons. The summed E-state index contributed by atoms with van der Waals surface area (Å²) in [5.74, 6) is 0.473. The first-order valence-electron chi connectivity index (χ1n) is 7.83. The molecular formula is C17H16N4O3. The van der Waals surface area contributed by atoms with Crippen LogP contribution in [0.25, 0.3) is 11.3 Å². The van der Waals surface area contributed by atoms with E-state index >= 15 is 0 Å². The molecule has 0 aliphatic heterocycles. The van der Waals surface area contributed by atoms with Gasteiger partial charge in [-0.25, -0.2) is 9.67 Å². The molecule has 1 aromatic carbocycles. The summed E-state index contributed by atoms with van der Waals surface area (Å²) in [5, 5.41) is 17.1. The van der Waals surface area contributed by atoms with E-state index < -0.39 is 5.97 Å².